The summed E-state index contributed by atoms with van der Waals surface area (Å²) >= 11 is 0. The molecule has 2 nitrogen and oxygen atoms in total. The van der Waals surface area contributed by atoms with Crippen LogP contribution >= 0.6 is 0 Å². The van der Waals surface area contributed by atoms with Gasteiger partial charge in [-0.25, -0.2) is 0 Å². The first kappa shape index (κ1) is 27.5. The van der Waals surface area contributed by atoms with Crippen LogP contribution in [-0.2, 0) is 4.79 Å². The molecule has 168 valence electrons. The van der Waals surface area contributed by atoms with Gasteiger partial charge in [0.25, 0.3) is 0 Å². The van der Waals surface area contributed by atoms with Crippen LogP contribution in [0, 0.1) is 5.92 Å². The van der Waals surface area contributed by atoms with E-state index in [9.17, 15) is 4.79 Å². The summed E-state index contributed by atoms with van der Waals surface area (Å²) in [7, 11) is 0. The number of carbonyl (C=O) groups excluding carboxylic acids is 1. The van der Waals surface area contributed by atoms with Crippen LogP contribution in [0.5, 0.6) is 0 Å². The van der Waals surface area contributed by atoms with E-state index < -0.39 is 0 Å². The number of rotatable bonds is 22. The standard InChI is InChI=1S/C26H53NO/c1-4-5-6-7-8-9-10-11-12-13-14-15-16-17-18-19-20-21-24-27-26(28)23-22-25(2)3/h25H,4-24H2,1-3H3,(H,27,28). The van der Waals surface area contributed by atoms with Crippen LogP contribution in [0.25, 0.3) is 0 Å². The fourth-order valence-electron chi connectivity index (χ4n) is 3.76. The normalized spacial score (nSPS) is 11.3. The predicted molar refractivity (Wildman–Crippen MR) is 126 cm³/mol. The van der Waals surface area contributed by atoms with Gasteiger partial charge in [-0.15, -0.1) is 0 Å². The van der Waals surface area contributed by atoms with E-state index in [1.165, 1.54) is 109 Å². The summed E-state index contributed by atoms with van der Waals surface area (Å²) in [6.07, 6.45) is 27.0. The molecule has 0 aromatic carbocycles. The van der Waals surface area contributed by atoms with Gasteiger partial charge in [0.05, 0.1) is 0 Å². The Morgan fingerprint density at radius 1 is 0.607 bits per heavy atom. The van der Waals surface area contributed by atoms with Crippen LogP contribution in [-0.4, -0.2) is 12.5 Å². The lowest BCUT2D eigenvalue weighted by atomic mass is 10.0. The second kappa shape index (κ2) is 22.8. The Morgan fingerprint density at radius 2 is 0.964 bits per heavy atom. The van der Waals surface area contributed by atoms with Crippen molar-refractivity contribution in [2.45, 2.75) is 149 Å². The third kappa shape index (κ3) is 23.5. The third-order valence-corrected chi connectivity index (χ3v) is 5.80. The molecule has 0 aliphatic rings. The minimum Gasteiger partial charge on any atom is -0.356 e. The zero-order valence-electron chi connectivity index (χ0n) is 19.8. The lowest BCUT2D eigenvalue weighted by Gasteiger charge is -2.07. The number of nitrogens with one attached hydrogen (secondary N) is 1. The average molecular weight is 396 g/mol. The molecule has 0 spiro atoms. The fraction of sp³-hybridized carbons (Fsp3) is 0.962. The van der Waals surface area contributed by atoms with Gasteiger partial charge in [0, 0.05) is 13.0 Å². The van der Waals surface area contributed by atoms with Crippen LogP contribution in [0.4, 0.5) is 0 Å². The molecule has 28 heavy (non-hydrogen) atoms. The number of hydrogen-bond acceptors (Lipinski definition) is 1. The molecular formula is C26H53NO. The Labute approximate surface area is 178 Å². The Morgan fingerprint density at radius 3 is 1.32 bits per heavy atom. The van der Waals surface area contributed by atoms with Crippen molar-refractivity contribution in [3.8, 4) is 0 Å². The van der Waals surface area contributed by atoms with Crippen LogP contribution in [0.3, 0.4) is 0 Å². The van der Waals surface area contributed by atoms with Gasteiger partial charge in [0.1, 0.15) is 0 Å². The lowest BCUT2D eigenvalue weighted by Crippen LogP contribution is -2.24. The quantitative estimate of drug-likeness (QED) is 0.183. The molecule has 0 fully saturated rings. The van der Waals surface area contributed by atoms with Gasteiger partial charge in [0.2, 0.25) is 5.91 Å². The summed E-state index contributed by atoms with van der Waals surface area (Å²) in [5, 5.41) is 3.05. The van der Waals surface area contributed by atoms with E-state index in [2.05, 4.69) is 26.1 Å². The first-order valence-corrected chi connectivity index (χ1v) is 12.9. The molecular weight excluding hydrogens is 342 g/mol. The molecule has 0 bridgehead atoms. The molecule has 0 atom stereocenters. The van der Waals surface area contributed by atoms with Crippen LogP contribution in [0.15, 0.2) is 0 Å². The fourth-order valence-corrected chi connectivity index (χ4v) is 3.76. The van der Waals surface area contributed by atoms with E-state index in [1.54, 1.807) is 0 Å². The molecule has 2 heteroatoms. The monoisotopic (exact) mass is 395 g/mol. The number of carbonyl (C=O) groups is 1. The molecule has 0 aliphatic heterocycles. The summed E-state index contributed by atoms with van der Waals surface area (Å²) in [5.41, 5.74) is 0. The summed E-state index contributed by atoms with van der Waals surface area (Å²) in [6.45, 7) is 7.50. The van der Waals surface area contributed by atoms with E-state index in [0.29, 0.717) is 12.3 Å². The Hall–Kier alpha value is -0.530. The van der Waals surface area contributed by atoms with Crippen molar-refractivity contribution in [3.63, 3.8) is 0 Å². The van der Waals surface area contributed by atoms with Crippen molar-refractivity contribution in [2.75, 3.05) is 6.54 Å². The van der Waals surface area contributed by atoms with Crippen LogP contribution in [0.1, 0.15) is 149 Å². The van der Waals surface area contributed by atoms with Crippen molar-refractivity contribution in [3.05, 3.63) is 0 Å². The highest BCUT2D eigenvalue weighted by Crippen LogP contribution is 2.14. The van der Waals surface area contributed by atoms with Gasteiger partial charge < -0.3 is 5.32 Å². The first-order chi connectivity index (χ1) is 13.7. The van der Waals surface area contributed by atoms with E-state index in [4.69, 9.17) is 0 Å². The van der Waals surface area contributed by atoms with E-state index in [1.807, 2.05) is 0 Å². The highest BCUT2D eigenvalue weighted by atomic mass is 16.1. The highest BCUT2D eigenvalue weighted by molar-refractivity contribution is 5.75. The summed E-state index contributed by atoms with van der Waals surface area (Å²) < 4.78 is 0. The van der Waals surface area contributed by atoms with Crippen molar-refractivity contribution >= 4 is 5.91 Å². The molecule has 0 saturated heterocycles. The molecule has 1 N–H and O–H groups in total. The number of unbranched alkanes of at least 4 members (excludes halogenated alkanes) is 17. The maximum Gasteiger partial charge on any atom is 0.220 e. The second-order valence-corrected chi connectivity index (χ2v) is 9.29. The van der Waals surface area contributed by atoms with Gasteiger partial charge in [-0.3, -0.25) is 4.79 Å². The Bertz CT molecular complexity index is 314. The van der Waals surface area contributed by atoms with Crippen molar-refractivity contribution in [1.82, 2.24) is 5.32 Å². The summed E-state index contributed by atoms with van der Waals surface area (Å²) in [6, 6.07) is 0. The van der Waals surface area contributed by atoms with Gasteiger partial charge in [-0.05, 0) is 18.8 Å². The molecule has 0 aromatic heterocycles. The van der Waals surface area contributed by atoms with E-state index >= 15 is 0 Å². The van der Waals surface area contributed by atoms with Gasteiger partial charge in [-0.1, -0.05) is 130 Å². The number of amides is 1. The smallest absolute Gasteiger partial charge is 0.220 e. The third-order valence-electron chi connectivity index (χ3n) is 5.80. The van der Waals surface area contributed by atoms with Gasteiger partial charge in [0.15, 0.2) is 0 Å². The zero-order valence-corrected chi connectivity index (χ0v) is 19.8. The summed E-state index contributed by atoms with van der Waals surface area (Å²) in [4.78, 5) is 11.6. The zero-order chi connectivity index (χ0) is 20.7. The van der Waals surface area contributed by atoms with Crippen LogP contribution < -0.4 is 5.32 Å². The average Bonchev–Trinajstić information content (AvgIpc) is 2.68. The Balaban J connectivity index is 3.07. The topological polar surface area (TPSA) is 29.1 Å². The predicted octanol–water partition coefficient (Wildman–Crippen LogP) is 8.58. The molecule has 0 aromatic rings. The maximum atomic E-state index is 11.6. The summed E-state index contributed by atoms with van der Waals surface area (Å²) in [5.74, 6) is 0.858. The van der Waals surface area contributed by atoms with Crippen molar-refractivity contribution < 1.29 is 4.79 Å². The molecule has 0 heterocycles. The molecule has 0 unspecified atom stereocenters. The number of hydrogen-bond donors (Lipinski definition) is 1. The van der Waals surface area contributed by atoms with Gasteiger partial charge >= 0.3 is 0 Å². The molecule has 0 rings (SSSR count). The first-order valence-electron chi connectivity index (χ1n) is 12.9. The molecule has 0 radical (unpaired) electrons. The van der Waals surface area contributed by atoms with E-state index in [-0.39, 0.29) is 5.91 Å². The van der Waals surface area contributed by atoms with Gasteiger partial charge in [-0.2, -0.15) is 0 Å². The second-order valence-electron chi connectivity index (χ2n) is 9.29. The lowest BCUT2D eigenvalue weighted by molar-refractivity contribution is -0.121. The SMILES string of the molecule is CCCCCCCCCCCCCCCCCCCCNC(=O)CCC(C)C. The maximum absolute atomic E-state index is 11.6. The molecule has 1 amide bonds. The minimum atomic E-state index is 0.237. The molecule has 0 aliphatic carbocycles. The van der Waals surface area contributed by atoms with Crippen LogP contribution in [0.2, 0.25) is 0 Å². The van der Waals surface area contributed by atoms with E-state index in [0.717, 1.165) is 19.4 Å². The minimum absolute atomic E-state index is 0.237. The highest BCUT2D eigenvalue weighted by Gasteiger charge is 2.02. The molecule has 0 saturated carbocycles. The van der Waals surface area contributed by atoms with Crippen molar-refractivity contribution in [2.24, 2.45) is 5.92 Å². The Kier molecular flexibility index (Phi) is 22.3. The largest absolute Gasteiger partial charge is 0.356 e. The van der Waals surface area contributed by atoms with Crippen molar-refractivity contribution in [1.29, 1.82) is 0 Å².